The van der Waals surface area contributed by atoms with Crippen LogP contribution in [0.15, 0.2) is 24.7 Å². The summed E-state index contributed by atoms with van der Waals surface area (Å²) in [5, 5.41) is 0. The maximum Gasteiger partial charge on any atom is 0.164 e. The summed E-state index contributed by atoms with van der Waals surface area (Å²) in [5.41, 5.74) is 3.79. The molecule has 0 N–H and O–H groups in total. The lowest BCUT2D eigenvalue weighted by molar-refractivity contribution is 1.08. The van der Waals surface area contributed by atoms with E-state index in [0.717, 1.165) is 27.6 Å². The van der Waals surface area contributed by atoms with E-state index in [4.69, 9.17) is 0 Å². The van der Waals surface area contributed by atoms with Crippen LogP contribution in [0, 0.1) is 13.8 Å². The lowest BCUT2D eigenvalue weighted by Crippen LogP contribution is -1.93. The fourth-order valence-corrected chi connectivity index (χ4v) is 2.33. The summed E-state index contributed by atoms with van der Waals surface area (Å²) in [6.45, 7) is 7.97. The zero-order valence-corrected chi connectivity index (χ0v) is 11.8. The van der Waals surface area contributed by atoms with Gasteiger partial charge in [-0.15, -0.1) is 0 Å². The molecule has 0 aliphatic heterocycles. The summed E-state index contributed by atoms with van der Waals surface area (Å²) < 4.78 is 6.13. The molecule has 0 unspecified atom stereocenters. The molecule has 5 heteroatoms. The number of rotatable bonds is 1. The summed E-state index contributed by atoms with van der Waals surface area (Å²) in [6.07, 6.45) is 5.78. The monoisotopic (exact) mass is 260 g/mol. The molecule has 0 spiro atoms. The molecule has 0 bridgehead atoms. The summed E-state index contributed by atoms with van der Waals surface area (Å²) in [6, 6.07) is 1.97. The number of aryl methyl sites for hydroxylation is 2. The van der Waals surface area contributed by atoms with Crippen molar-refractivity contribution in [3.63, 3.8) is 0 Å². The van der Waals surface area contributed by atoms with E-state index >= 15 is 0 Å². The zero-order chi connectivity index (χ0) is 13.1. The van der Waals surface area contributed by atoms with Gasteiger partial charge in [0, 0.05) is 18.6 Å². The van der Waals surface area contributed by atoms with Crippen LogP contribution in [0.3, 0.4) is 0 Å². The Labute approximate surface area is 111 Å². The van der Waals surface area contributed by atoms with E-state index in [9.17, 15) is 0 Å². The first-order valence-electron chi connectivity index (χ1n) is 5.98. The van der Waals surface area contributed by atoms with E-state index in [0.29, 0.717) is 0 Å². The molecule has 0 fully saturated rings. The third kappa shape index (κ3) is 2.26. The molecule has 3 aromatic rings. The van der Waals surface area contributed by atoms with Gasteiger partial charge in [0.15, 0.2) is 5.65 Å². The van der Waals surface area contributed by atoms with Crippen LogP contribution in [0.1, 0.15) is 25.2 Å². The molecule has 4 nitrogen and oxygen atoms in total. The van der Waals surface area contributed by atoms with Gasteiger partial charge >= 0.3 is 0 Å². The minimum absolute atomic E-state index is 0.896. The molecule has 0 atom stereocenters. The Kier molecular flexibility index (Phi) is 3.72. The van der Waals surface area contributed by atoms with Gasteiger partial charge in [0.1, 0.15) is 5.69 Å². The van der Waals surface area contributed by atoms with Gasteiger partial charge in [-0.05, 0) is 31.4 Å². The Morgan fingerprint density at radius 3 is 2.33 bits per heavy atom. The Balaban J connectivity index is 0.000000574. The van der Waals surface area contributed by atoms with Gasteiger partial charge in [0.2, 0.25) is 0 Å². The van der Waals surface area contributed by atoms with Gasteiger partial charge in [-0.25, -0.2) is 14.3 Å². The van der Waals surface area contributed by atoms with Crippen LogP contribution in [0.25, 0.3) is 16.2 Å². The quantitative estimate of drug-likeness (QED) is 0.672. The largest absolute Gasteiger partial charge is 0.303 e. The lowest BCUT2D eigenvalue weighted by atomic mass is 10.3. The number of hydrogen-bond donors (Lipinski definition) is 0. The first-order valence-corrected chi connectivity index (χ1v) is 6.75. The van der Waals surface area contributed by atoms with E-state index in [1.54, 1.807) is 6.20 Å². The van der Waals surface area contributed by atoms with E-state index in [-0.39, 0.29) is 0 Å². The summed E-state index contributed by atoms with van der Waals surface area (Å²) in [4.78, 5) is 10.1. The Morgan fingerprint density at radius 2 is 1.72 bits per heavy atom. The second-order valence-electron chi connectivity index (χ2n) is 3.72. The molecule has 3 aromatic heterocycles. The van der Waals surface area contributed by atoms with Crippen LogP contribution in [0.2, 0.25) is 0 Å². The Morgan fingerprint density at radius 1 is 1.06 bits per heavy atom. The highest BCUT2D eigenvalue weighted by Crippen LogP contribution is 2.25. The molecular formula is C13H16N4S. The first kappa shape index (κ1) is 12.7. The molecule has 3 rings (SSSR count). The standard InChI is InChI=1S/C11H10N4S.C2H6/c1-7-5-15-6-8(2)14-11(15)10(13-7)9-3-4-12-16-9;1-2/h3-6H,1-2H3;1-2H3. The zero-order valence-electron chi connectivity index (χ0n) is 11.0. The average Bonchev–Trinajstić information content (AvgIpc) is 2.98. The number of fused-ring (bicyclic) bond motifs is 1. The van der Waals surface area contributed by atoms with Crippen LogP contribution in [-0.4, -0.2) is 18.7 Å². The second kappa shape index (κ2) is 5.27. The fraction of sp³-hybridized carbons (Fsp3) is 0.308. The second-order valence-corrected chi connectivity index (χ2v) is 4.55. The smallest absolute Gasteiger partial charge is 0.164 e. The predicted molar refractivity (Wildman–Crippen MR) is 74.9 cm³/mol. The molecule has 0 saturated heterocycles. The molecule has 0 radical (unpaired) electrons. The maximum absolute atomic E-state index is 4.54. The van der Waals surface area contributed by atoms with Crippen molar-refractivity contribution < 1.29 is 0 Å². The summed E-state index contributed by atoms with van der Waals surface area (Å²) in [7, 11) is 0. The SMILES string of the molecule is CC.Cc1cn2cc(C)nc2c(-c2ccns2)n1. The molecule has 0 aromatic carbocycles. The van der Waals surface area contributed by atoms with Crippen molar-refractivity contribution in [3.05, 3.63) is 36.0 Å². The van der Waals surface area contributed by atoms with Crippen LogP contribution in [-0.2, 0) is 0 Å². The highest BCUT2D eigenvalue weighted by Gasteiger charge is 2.10. The van der Waals surface area contributed by atoms with Crippen LogP contribution >= 0.6 is 11.5 Å². The Bertz CT molecular complexity index is 640. The van der Waals surface area contributed by atoms with Crippen molar-refractivity contribution in [3.8, 4) is 10.6 Å². The Hall–Kier alpha value is -1.75. The van der Waals surface area contributed by atoms with Crippen molar-refractivity contribution in [1.82, 2.24) is 18.7 Å². The van der Waals surface area contributed by atoms with Gasteiger partial charge < -0.3 is 4.40 Å². The van der Waals surface area contributed by atoms with Crippen molar-refractivity contribution in [1.29, 1.82) is 0 Å². The normalized spacial score (nSPS) is 10.2. The van der Waals surface area contributed by atoms with Crippen molar-refractivity contribution >= 4 is 17.2 Å². The van der Waals surface area contributed by atoms with E-state index in [1.165, 1.54) is 11.5 Å². The maximum atomic E-state index is 4.54. The topological polar surface area (TPSA) is 43.1 Å². The molecular weight excluding hydrogens is 244 g/mol. The van der Waals surface area contributed by atoms with Gasteiger partial charge in [-0.1, -0.05) is 13.8 Å². The fourth-order valence-electron chi connectivity index (χ4n) is 1.75. The van der Waals surface area contributed by atoms with Gasteiger partial charge in [0.05, 0.1) is 16.3 Å². The van der Waals surface area contributed by atoms with Crippen LogP contribution < -0.4 is 0 Å². The molecule has 0 aliphatic rings. The first-order chi connectivity index (χ1) is 8.74. The van der Waals surface area contributed by atoms with Crippen molar-refractivity contribution in [2.24, 2.45) is 0 Å². The number of imidazole rings is 1. The average molecular weight is 260 g/mol. The lowest BCUT2D eigenvalue weighted by Gasteiger charge is -2.01. The number of nitrogens with zero attached hydrogens (tertiary/aromatic N) is 4. The molecule has 0 amide bonds. The number of aromatic nitrogens is 4. The number of hydrogen-bond acceptors (Lipinski definition) is 4. The summed E-state index contributed by atoms with van der Waals surface area (Å²) >= 11 is 1.44. The highest BCUT2D eigenvalue weighted by atomic mass is 32.1. The minimum Gasteiger partial charge on any atom is -0.303 e. The molecule has 3 heterocycles. The highest BCUT2D eigenvalue weighted by molar-refractivity contribution is 7.09. The van der Waals surface area contributed by atoms with Crippen molar-refractivity contribution in [2.45, 2.75) is 27.7 Å². The van der Waals surface area contributed by atoms with Crippen LogP contribution in [0.5, 0.6) is 0 Å². The van der Waals surface area contributed by atoms with E-state index in [2.05, 4.69) is 14.3 Å². The van der Waals surface area contributed by atoms with E-state index in [1.807, 2.05) is 50.6 Å². The van der Waals surface area contributed by atoms with Gasteiger partial charge in [-0.3, -0.25) is 0 Å². The molecule has 18 heavy (non-hydrogen) atoms. The van der Waals surface area contributed by atoms with Crippen LogP contribution in [0.4, 0.5) is 0 Å². The van der Waals surface area contributed by atoms with Gasteiger partial charge in [0.25, 0.3) is 0 Å². The summed E-state index contributed by atoms with van der Waals surface area (Å²) in [5.74, 6) is 0. The van der Waals surface area contributed by atoms with E-state index < -0.39 is 0 Å². The molecule has 94 valence electrons. The third-order valence-corrected chi connectivity index (χ3v) is 3.10. The molecule has 0 saturated carbocycles. The third-order valence-electron chi connectivity index (χ3n) is 2.35. The molecule has 0 aliphatic carbocycles. The van der Waals surface area contributed by atoms with Crippen molar-refractivity contribution in [2.75, 3.05) is 0 Å². The van der Waals surface area contributed by atoms with Gasteiger partial charge in [-0.2, -0.15) is 0 Å². The predicted octanol–water partition coefficient (Wildman–Crippen LogP) is 3.50. The minimum atomic E-state index is 0.896.